The molecule has 1 N–H and O–H groups in total. The number of nitrogens with zero attached hydrogens (tertiary/aromatic N) is 1. The summed E-state index contributed by atoms with van der Waals surface area (Å²) in [4.78, 5) is 13.5. The van der Waals surface area contributed by atoms with Crippen molar-refractivity contribution in [2.45, 2.75) is 39.0 Å². The molecule has 0 bridgehead atoms. The van der Waals surface area contributed by atoms with E-state index in [-0.39, 0.29) is 5.97 Å². The molecule has 0 aromatic carbocycles. The van der Waals surface area contributed by atoms with Gasteiger partial charge in [0.15, 0.2) is 0 Å². The largest absolute Gasteiger partial charge is 0.466 e. The molecule has 1 fully saturated rings. The Kier molecular flexibility index (Phi) is 10.5. The van der Waals surface area contributed by atoms with Gasteiger partial charge in [0.05, 0.1) is 6.61 Å². The number of likely N-dealkylation sites (tertiary alicyclic amines) is 1. The maximum atomic E-state index is 11.0. The van der Waals surface area contributed by atoms with E-state index < -0.39 is 0 Å². The fraction of sp³-hybridized carbons (Fsp3) is 0.917. The highest BCUT2D eigenvalue weighted by molar-refractivity contribution is 5.69. The van der Waals surface area contributed by atoms with Crippen LogP contribution >= 0.6 is 0 Å². The number of aliphatic hydroxyl groups is 1. The number of esters is 1. The molecule has 16 heavy (non-hydrogen) atoms. The van der Waals surface area contributed by atoms with Crippen molar-refractivity contribution in [3.63, 3.8) is 0 Å². The molecule has 0 spiro atoms. The van der Waals surface area contributed by atoms with E-state index in [0.717, 1.165) is 26.5 Å². The van der Waals surface area contributed by atoms with Crippen LogP contribution in [0.3, 0.4) is 0 Å². The van der Waals surface area contributed by atoms with Crippen LogP contribution < -0.4 is 0 Å². The molecule has 0 amide bonds. The Bertz CT molecular complexity index is 168. The van der Waals surface area contributed by atoms with E-state index in [9.17, 15) is 4.79 Å². The molecular weight excluding hydrogens is 206 g/mol. The van der Waals surface area contributed by atoms with Crippen molar-refractivity contribution in [1.82, 2.24) is 4.90 Å². The minimum atomic E-state index is -0.0473. The van der Waals surface area contributed by atoms with Gasteiger partial charge in [-0.25, -0.2) is 0 Å². The Morgan fingerprint density at radius 3 is 2.44 bits per heavy atom. The van der Waals surface area contributed by atoms with Crippen molar-refractivity contribution in [1.29, 1.82) is 0 Å². The van der Waals surface area contributed by atoms with Crippen LogP contribution in [0, 0.1) is 0 Å². The minimum Gasteiger partial charge on any atom is -0.466 e. The number of ether oxygens (including phenoxy) is 1. The van der Waals surface area contributed by atoms with E-state index in [1.165, 1.54) is 25.9 Å². The second-order valence-corrected chi connectivity index (χ2v) is 3.81. The molecule has 1 heterocycles. The molecule has 0 unspecified atom stereocenters. The van der Waals surface area contributed by atoms with E-state index >= 15 is 0 Å². The molecule has 1 rings (SSSR count). The average Bonchev–Trinajstić information content (AvgIpc) is 2.81. The summed E-state index contributed by atoms with van der Waals surface area (Å²) >= 11 is 0. The van der Waals surface area contributed by atoms with E-state index in [1.807, 2.05) is 6.92 Å². The smallest absolute Gasteiger partial charge is 0.305 e. The summed E-state index contributed by atoms with van der Waals surface area (Å²) < 4.78 is 4.86. The lowest BCUT2D eigenvalue weighted by atomic mass is 10.2. The predicted octanol–water partition coefficient (Wildman–Crippen LogP) is 1.42. The zero-order chi connectivity index (χ0) is 12.2. The fourth-order valence-corrected chi connectivity index (χ4v) is 1.84. The first kappa shape index (κ1) is 15.4. The summed E-state index contributed by atoms with van der Waals surface area (Å²) in [5.41, 5.74) is 0. The van der Waals surface area contributed by atoms with Gasteiger partial charge in [-0.2, -0.15) is 0 Å². The van der Waals surface area contributed by atoms with Crippen molar-refractivity contribution in [2.75, 3.05) is 33.4 Å². The molecule has 4 heteroatoms. The first-order valence-electron chi connectivity index (χ1n) is 6.15. The molecule has 0 saturated carbocycles. The number of carbonyl (C=O) groups excluding carboxylic acids is 1. The number of unbranched alkanes of at least 4 members (excludes halogenated alkanes) is 1. The Morgan fingerprint density at radius 2 is 1.88 bits per heavy atom. The van der Waals surface area contributed by atoms with Crippen LogP contribution in [0.25, 0.3) is 0 Å². The first-order valence-corrected chi connectivity index (χ1v) is 6.15. The molecular formula is C12H25NO3. The lowest BCUT2D eigenvalue weighted by Crippen LogP contribution is -2.20. The molecule has 0 radical (unpaired) electrons. The SMILES string of the molecule is CCOC(=O)CCCCN1CCCC1.CO. The number of carbonyl (C=O) groups is 1. The second-order valence-electron chi connectivity index (χ2n) is 3.81. The molecule has 0 aromatic rings. The number of aliphatic hydroxyl groups excluding tert-OH is 1. The van der Waals surface area contributed by atoms with Gasteiger partial charge in [-0.3, -0.25) is 4.79 Å². The van der Waals surface area contributed by atoms with Crippen LogP contribution in [-0.2, 0) is 9.53 Å². The van der Waals surface area contributed by atoms with Crippen LogP contribution in [0.2, 0.25) is 0 Å². The van der Waals surface area contributed by atoms with Crippen LogP contribution in [0.5, 0.6) is 0 Å². The van der Waals surface area contributed by atoms with E-state index in [0.29, 0.717) is 13.0 Å². The normalized spacial score (nSPS) is 15.4. The van der Waals surface area contributed by atoms with Gasteiger partial charge in [-0.1, -0.05) is 0 Å². The lowest BCUT2D eigenvalue weighted by molar-refractivity contribution is -0.143. The van der Waals surface area contributed by atoms with Crippen LogP contribution in [-0.4, -0.2) is 49.3 Å². The molecule has 1 saturated heterocycles. The Labute approximate surface area is 98.6 Å². The third-order valence-corrected chi connectivity index (χ3v) is 2.61. The van der Waals surface area contributed by atoms with Crippen molar-refractivity contribution < 1.29 is 14.6 Å². The maximum Gasteiger partial charge on any atom is 0.305 e. The van der Waals surface area contributed by atoms with Gasteiger partial charge in [0.25, 0.3) is 0 Å². The monoisotopic (exact) mass is 231 g/mol. The highest BCUT2D eigenvalue weighted by Crippen LogP contribution is 2.09. The third kappa shape index (κ3) is 7.65. The second kappa shape index (κ2) is 10.9. The quantitative estimate of drug-likeness (QED) is 0.555. The summed E-state index contributed by atoms with van der Waals surface area (Å²) in [6.07, 6.45) is 5.37. The lowest BCUT2D eigenvalue weighted by Gasteiger charge is -2.13. The first-order chi connectivity index (χ1) is 7.83. The minimum absolute atomic E-state index is 0.0473. The molecule has 1 aliphatic heterocycles. The van der Waals surface area contributed by atoms with Gasteiger partial charge in [-0.15, -0.1) is 0 Å². The summed E-state index contributed by atoms with van der Waals surface area (Å²) in [7, 11) is 1.00. The predicted molar refractivity (Wildman–Crippen MR) is 64.3 cm³/mol. The average molecular weight is 231 g/mol. The summed E-state index contributed by atoms with van der Waals surface area (Å²) in [6, 6.07) is 0. The fourth-order valence-electron chi connectivity index (χ4n) is 1.84. The molecule has 0 aromatic heterocycles. The van der Waals surface area contributed by atoms with Gasteiger partial charge in [-0.05, 0) is 52.2 Å². The van der Waals surface area contributed by atoms with Crippen LogP contribution in [0.15, 0.2) is 0 Å². The van der Waals surface area contributed by atoms with Crippen LogP contribution in [0.1, 0.15) is 39.0 Å². The summed E-state index contributed by atoms with van der Waals surface area (Å²) in [6.45, 7) is 6.01. The van der Waals surface area contributed by atoms with E-state index in [2.05, 4.69) is 4.90 Å². The van der Waals surface area contributed by atoms with Crippen LogP contribution in [0.4, 0.5) is 0 Å². The van der Waals surface area contributed by atoms with Crippen molar-refractivity contribution in [3.05, 3.63) is 0 Å². The van der Waals surface area contributed by atoms with Gasteiger partial charge >= 0.3 is 5.97 Å². The van der Waals surface area contributed by atoms with Gasteiger partial charge < -0.3 is 14.7 Å². The van der Waals surface area contributed by atoms with Gasteiger partial charge in [0, 0.05) is 13.5 Å². The Balaban J connectivity index is 0.00000106. The Hall–Kier alpha value is -0.610. The topological polar surface area (TPSA) is 49.8 Å². The zero-order valence-corrected chi connectivity index (χ0v) is 10.6. The highest BCUT2D eigenvalue weighted by Gasteiger charge is 2.10. The summed E-state index contributed by atoms with van der Waals surface area (Å²) in [5, 5.41) is 7.00. The molecule has 0 aliphatic carbocycles. The van der Waals surface area contributed by atoms with Crippen molar-refractivity contribution in [2.24, 2.45) is 0 Å². The molecule has 4 nitrogen and oxygen atoms in total. The van der Waals surface area contributed by atoms with E-state index in [4.69, 9.17) is 9.84 Å². The van der Waals surface area contributed by atoms with E-state index in [1.54, 1.807) is 0 Å². The zero-order valence-electron chi connectivity index (χ0n) is 10.6. The standard InChI is InChI=1S/C11H21NO2.CH4O/c1-2-14-11(13)7-3-4-8-12-9-5-6-10-12;1-2/h2-10H2,1H3;2H,1H3. The molecule has 1 aliphatic rings. The highest BCUT2D eigenvalue weighted by atomic mass is 16.5. The number of rotatable bonds is 6. The molecule has 96 valence electrons. The van der Waals surface area contributed by atoms with Gasteiger partial charge in [0.1, 0.15) is 0 Å². The Morgan fingerprint density at radius 1 is 1.25 bits per heavy atom. The molecule has 0 atom stereocenters. The van der Waals surface area contributed by atoms with Gasteiger partial charge in [0.2, 0.25) is 0 Å². The van der Waals surface area contributed by atoms with Crippen molar-refractivity contribution >= 4 is 5.97 Å². The number of hydrogen-bond donors (Lipinski definition) is 1. The number of hydrogen-bond acceptors (Lipinski definition) is 4. The maximum absolute atomic E-state index is 11.0. The third-order valence-electron chi connectivity index (χ3n) is 2.61. The summed E-state index contributed by atoms with van der Waals surface area (Å²) in [5.74, 6) is -0.0473. The van der Waals surface area contributed by atoms with Crippen molar-refractivity contribution in [3.8, 4) is 0 Å².